The summed E-state index contributed by atoms with van der Waals surface area (Å²) in [6, 6.07) is 20.6. The number of hydrazone groups is 1. The number of halogens is 1. The lowest BCUT2D eigenvalue weighted by Crippen LogP contribution is -2.42. The SMILES string of the molecule is CCOC(=O)CC(=O)Nc1ccc(C2=NN(/C(N)=N/S(=O)(=O)c3ccc(Cl)cc3)CC2(O)c2ccccc2)cc1. The number of benzene rings is 3. The quantitative estimate of drug-likeness (QED) is 0.158. The summed E-state index contributed by atoms with van der Waals surface area (Å²) in [6.07, 6.45) is -0.428. The van der Waals surface area contributed by atoms with Crippen molar-refractivity contribution in [3.05, 3.63) is 95.0 Å². The van der Waals surface area contributed by atoms with Crippen molar-refractivity contribution in [3.63, 3.8) is 0 Å². The molecule has 11 nitrogen and oxygen atoms in total. The second-order valence-electron chi connectivity index (χ2n) is 8.72. The molecule has 0 aromatic heterocycles. The minimum absolute atomic E-state index is 0.109. The number of carbonyl (C=O) groups excluding carboxylic acids is 2. The van der Waals surface area contributed by atoms with Gasteiger partial charge in [-0.3, -0.25) is 9.59 Å². The number of ether oxygens (including phenoxy) is 1. The number of β-amino-alcohol motifs (C(OH)–C–C–N with tert-alkyl or cyclic N) is 1. The minimum atomic E-state index is -4.19. The van der Waals surface area contributed by atoms with Gasteiger partial charge >= 0.3 is 5.97 Å². The maximum Gasteiger partial charge on any atom is 0.315 e. The normalized spacial score (nSPS) is 17.3. The van der Waals surface area contributed by atoms with Crippen molar-refractivity contribution in [2.24, 2.45) is 15.2 Å². The van der Waals surface area contributed by atoms with E-state index in [1.54, 1.807) is 61.5 Å². The van der Waals surface area contributed by atoms with Crippen LogP contribution < -0.4 is 11.1 Å². The van der Waals surface area contributed by atoms with Crippen molar-refractivity contribution in [1.82, 2.24) is 5.01 Å². The largest absolute Gasteiger partial charge is 0.466 e. The van der Waals surface area contributed by atoms with Gasteiger partial charge in [0.05, 0.1) is 18.0 Å². The zero-order valence-corrected chi connectivity index (χ0v) is 22.9. The van der Waals surface area contributed by atoms with Crippen LogP contribution in [0.1, 0.15) is 24.5 Å². The van der Waals surface area contributed by atoms with Crippen LogP contribution in [0.3, 0.4) is 0 Å². The number of nitrogens with two attached hydrogens (primary N) is 1. The third-order valence-electron chi connectivity index (χ3n) is 5.88. The number of hydrogen-bond donors (Lipinski definition) is 3. The van der Waals surface area contributed by atoms with Crippen molar-refractivity contribution >= 4 is 50.9 Å². The average molecular weight is 584 g/mol. The third kappa shape index (κ3) is 6.47. The number of guanidine groups is 1. The molecule has 3 aromatic carbocycles. The maximum atomic E-state index is 12.8. The highest BCUT2D eigenvalue weighted by Crippen LogP contribution is 2.33. The molecule has 0 saturated heterocycles. The molecule has 1 atom stereocenters. The topological polar surface area (TPSA) is 164 Å². The maximum absolute atomic E-state index is 12.8. The van der Waals surface area contributed by atoms with Crippen LogP contribution in [0.25, 0.3) is 0 Å². The van der Waals surface area contributed by atoms with Crippen LogP contribution in [0.4, 0.5) is 5.69 Å². The number of carbonyl (C=O) groups is 2. The van der Waals surface area contributed by atoms with Crippen molar-refractivity contribution < 1.29 is 27.9 Å². The van der Waals surface area contributed by atoms with Crippen LogP contribution in [0.2, 0.25) is 5.02 Å². The molecule has 0 fully saturated rings. The molecule has 1 aliphatic heterocycles. The van der Waals surface area contributed by atoms with E-state index in [1.807, 2.05) is 0 Å². The summed E-state index contributed by atoms with van der Waals surface area (Å²) >= 11 is 5.85. The van der Waals surface area contributed by atoms with Crippen LogP contribution in [-0.2, 0) is 30.0 Å². The Morgan fingerprint density at radius 2 is 1.75 bits per heavy atom. The molecule has 1 unspecified atom stereocenters. The second kappa shape index (κ2) is 11.9. The molecule has 1 amide bonds. The standard InChI is InChI=1S/C27H26ClN5O6S/c1-2-39-24(35)16-23(34)30-21-12-8-18(9-13-21)25-27(36,19-6-4-3-5-7-19)17-33(31-25)26(29)32-40(37,38)22-14-10-20(28)11-15-22/h3-15,36H,2,16-17H2,1H3,(H2,29,32)(H,30,34). The molecule has 4 rings (SSSR count). The molecule has 1 aliphatic rings. The highest BCUT2D eigenvalue weighted by molar-refractivity contribution is 7.90. The monoisotopic (exact) mass is 583 g/mol. The molecule has 1 heterocycles. The lowest BCUT2D eigenvalue weighted by molar-refractivity contribution is -0.145. The molecule has 208 valence electrons. The van der Waals surface area contributed by atoms with Crippen molar-refractivity contribution in [1.29, 1.82) is 0 Å². The molecule has 4 N–H and O–H groups in total. The number of aliphatic hydroxyl groups is 1. The van der Waals surface area contributed by atoms with Gasteiger partial charge in [-0.05, 0) is 48.9 Å². The number of nitrogens with zero attached hydrogens (tertiary/aromatic N) is 3. The van der Waals surface area contributed by atoms with E-state index in [4.69, 9.17) is 22.1 Å². The van der Waals surface area contributed by atoms with E-state index in [2.05, 4.69) is 14.8 Å². The van der Waals surface area contributed by atoms with Gasteiger partial charge in [0.25, 0.3) is 10.0 Å². The Bertz CT molecular complexity index is 1560. The number of sulfonamides is 1. The number of amides is 1. The molecule has 0 saturated carbocycles. The van der Waals surface area contributed by atoms with Gasteiger partial charge in [0.2, 0.25) is 11.9 Å². The van der Waals surface area contributed by atoms with Crippen LogP contribution in [0.15, 0.2) is 93.3 Å². The lowest BCUT2D eigenvalue weighted by Gasteiger charge is -2.25. The molecule has 3 aromatic rings. The second-order valence-corrected chi connectivity index (χ2v) is 10.8. The molecule has 0 spiro atoms. The van der Waals surface area contributed by atoms with Crippen molar-refractivity contribution in [2.45, 2.75) is 23.8 Å². The fraction of sp³-hybridized carbons (Fsp3) is 0.185. The highest BCUT2D eigenvalue weighted by Gasteiger charge is 2.44. The van der Waals surface area contributed by atoms with Crippen molar-refractivity contribution in [2.75, 3.05) is 18.5 Å². The summed E-state index contributed by atoms with van der Waals surface area (Å²) in [6.45, 7) is 1.61. The van der Waals surface area contributed by atoms with Crippen molar-refractivity contribution in [3.8, 4) is 0 Å². The van der Waals surface area contributed by atoms with E-state index < -0.39 is 39.9 Å². The van der Waals surface area contributed by atoms with E-state index in [-0.39, 0.29) is 23.8 Å². The minimum Gasteiger partial charge on any atom is -0.466 e. The molecule has 13 heteroatoms. The first-order chi connectivity index (χ1) is 19.0. The number of hydrogen-bond acceptors (Lipinski definition) is 7. The highest BCUT2D eigenvalue weighted by atomic mass is 35.5. The van der Waals surface area contributed by atoms with E-state index in [0.29, 0.717) is 21.8 Å². The molecular weight excluding hydrogens is 558 g/mol. The molecule has 0 radical (unpaired) electrons. The summed E-state index contributed by atoms with van der Waals surface area (Å²) in [4.78, 5) is 23.6. The van der Waals surface area contributed by atoms with Gasteiger partial charge in [0.15, 0.2) is 5.60 Å². The number of esters is 1. The summed E-state index contributed by atoms with van der Waals surface area (Å²) in [5, 5.41) is 20.4. The Morgan fingerprint density at radius 1 is 1.10 bits per heavy atom. The van der Waals surface area contributed by atoms with Crippen LogP contribution in [0.5, 0.6) is 0 Å². The van der Waals surface area contributed by atoms with Gasteiger partial charge in [0, 0.05) is 16.3 Å². The molecule has 0 aliphatic carbocycles. The Balaban J connectivity index is 1.64. The molecular formula is C27H26ClN5O6S. The first-order valence-electron chi connectivity index (χ1n) is 12.1. The number of rotatable bonds is 8. The smallest absolute Gasteiger partial charge is 0.315 e. The van der Waals surface area contributed by atoms with Gasteiger partial charge in [-0.1, -0.05) is 54.1 Å². The first kappa shape index (κ1) is 28.7. The summed E-state index contributed by atoms with van der Waals surface area (Å²) in [5.41, 5.74) is 5.97. The summed E-state index contributed by atoms with van der Waals surface area (Å²) in [7, 11) is -4.19. The summed E-state index contributed by atoms with van der Waals surface area (Å²) in [5.74, 6) is -1.62. The van der Waals surface area contributed by atoms with Crippen LogP contribution in [0, 0.1) is 0 Å². The Hall–Kier alpha value is -4.26. The van der Waals surface area contributed by atoms with E-state index >= 15 is 0 Å². The fourth-order valence-corrected chi connectivity index (χ4v) is 5.04. The van der Waals surface area contributed by atoms with E-state index in [0.717, 1.165) is 5.01 Å². The average Bonchev–Trinajstić information content (AvgIpc) is 3.28. The fourth-order valence-electron chi connectivity index (χ4n) is 3.99. The number of nitrogens with one attached hydrogen (secondary N) is 1. The Labute approximate surface area is 236 Å². The van der Waals surface area contributed by atoms with E-state index in [9.17, 15) is 23.1 Å². The zero-order chi connectivity index (χ0) is 28.9. The molecule has 0 bridgehead atoms. The van der Waals surface area contributed by atoms with E-state index in [1.165, 1.54) is 24.3 Å². The Kier molecular flexibility index (Phi) is 8.52. The van der Waals surface area contributed by atoms with Gasteiger partial charge < -0.3 is 20.9 Å². The van der Waals surface area contributed by atoms with Crippen LogP contribution in [-0.4, -0.2) is 55.2 Å². The molecule has 40 heavy (non-hydrogen) atoms. The Morgan fingerprint density at radius 3 is 2.38 bits per heavy atom. The summed E-state index contributed by atoms with van der Waals surface area (Å²) < 4.78 is 34.1. The predicted octanol–water partition coefficient (Wildman–Crippen LogP) is 2.84. The lowest BCUT2D eigenvalue weighted by atomic mass is 9.86. The van der Waals surface area contributed by atoms with Crippen LogP contribution >= 0.6 is 11.6 Å². The van der Waals surface area contributed by atoms with Gasteiger partial charge in [-0.15, -0.1) is 4.40 Å². The van der Waals surface area contributed by atoms with Gasteiger partial charge in [-0.2, -0.15) is 13.5 Å². The predicted molar refractivity (Wildman–Crippen MR) is 150 cm³/mol. The zero-order valence-electron chi connectivity index (χ0n) is 21.3. The van der Waals surface area contributed by atoms with Gasteiger partial charge in [0.1, 0.15) is 12.1 Å². The third-order valence-corrected chi connectivity index (χ3v) is 7.43. The first-order valence-corrected chi connectivity index (χ1v) is 13.9. The van der Waals surface area contributed by atoms with Gasteiger partial charge in [-0.25, -0.2) is 5.01 Å². The number of anilines is 1.